The third kappa shape index (κ3) is 6.50. The Kier molecular flexibility index (Phi) is 8.30. The van der Waals surface area contributed by atoms with Gasteiger partial charge in [-0.3, -0.25) is 4.79 Å². The van der Waals surface area contributed by atoms with Crippen molar-refractivity contribution in [3.05, 3.63) is 41.2 Å². The summed E-state index contributed by atoms with van der Waals surface area (Å²) in [7, 11) is 3.53. The Hall–Kier alpha value is -3.79. The van der Waals surface area contributed by atoms with Crippen molar-refractivity contribution in [3.8, 4) is 11.8 Å². The molecule has 1 aliphatic rings. The third-order valence-electron chi connectivity index (χ3n) is 6.64. The van der Waals surface area contributed by atoms with Gasteiger partial charge in [0.05, 0.1) is 36.3 Å². The van der Waals surface area contributed by atoms with Crippen molar-refractivity contribution >= 4 is 23.1 Å². The molecule has 2 atom stereocenters. The Labute approximate surface area is 230 Å². The van der Waals surface area contributed by atoms with Crippen LogP contribution in [-0.4, -0.2) is 82.3 Å². The van der Waals surface area contributed by atoms with Crippen LogP contribution >= 0.6 is 0 Å². The molecule has 1 fully saturated rings. The zero-order valence-electron chi connectivity index (χ0n) is 23.2. The van der Waals surface area contributed by atoms with Crippen molar-refractivity contribution in [3.63, 3.8) is 0 Å². The number of nitrogens with zero attached hydrogens (tertiary/aromatic N) is 5. The molecule has 0 radical (unpaired) electrons. The number of pyridine rings is 1. The quantitative estimate of drug-likeness (QED) is 0.314. The lowest BCUT2D eigenvalue weighted by Crippen LogP contribution is -2.46. The normalized spacial score (nSPS) is 18.3. The van der Waals surface area contributed by atoms with E-state index < -0.39 is 30.7 Å². The van der Waals surface area contributed by atoms with Crippen molar-refractivity contribution in [1.29, 1.82) is 0 Å². The van der Waals surface area contributed by atoms with Crippen LogP contribution in [0.3, 0.4) is 0 Å². The molecule has 4 rings (SSSR count). The molecule has 0 bridgehead atoms. The second-order valence-electron chi connectivity index (χ2n) is 10.9. The number of nitrogens with one attached hydrogen (secondary N) is 3. The maximum Gasteiger partial charge on any atom is 0.393 e. The van der Waals surface area contributed by atoms with Gasteiger partial charge in [-0.15, -0.1) is 0 Å². The van der Waals surface area contributed by atoms with Crippen LogP contribution in [0.5, 0.6) is 0 Å². The van der Waals surface area contributed by atoms with Gasteiger partial charge in [-0.1, -0.05) is 12.0 Å². The molecule has 0 saturated carbocycles. The number of hydrogen-bond acceptors (Lipinski definition) is 6. The average molecular weight is 563 g/mol. The summed E-state index contributed by atoms with van der Waals surface area (Å²) in [6.45, 7) is 6.69. The minimum atomic E-state index is -4.49. The Bertz CT molecular complexity index is 1430. The number of halogens is 4. The summed E-state index contributed by atoms with van der Waals surface area (Å²) in [5, 5.41) is 17.4. The molecule has 1 amide bonds. The van der Waals surface area contributed by atoms with Gasteiger partial charge in [0.1, 0.15) is 29.1 Å². The van der Waals surface area contributed by atoms with Crippen LogP contribution in [0.15, 0.2) is 24.4 Å². The number of piperidine rings is 1. The lowest BCUT2D eigenvalue weighted by molar-refractivity contribution is -0.127. The molecule has 216 valence electrons. The number of anilines is 2. The number of alkyl halides is 4. The smallest absolute Gasteiger partial charge is 0.373 e. The fourth-order valence-corrected chi connectivity index (χ4v) is 4.72. The van der Waals surface area contributed by atoms with Crippen LogP contribution in [0.4, 0.5) is 29.2 Å². The molecule has 1 saturated heterocycles. The van der Waals surface area contributed by atoms with E-state index in [1.165, 1.54) is 16.8 Å². The fraction of sp³-hybridized carbons (Fsp3) is 0.519. The van der Waals surface area contributed by atoms with Gasteiger partial charge in [-0.2, -0.15) is 23.4 Å². The highest BCUT2D eigenvalue weighted by molar-refractivity contribution is 5.98. The van der Waals surface area contributed by atoms with E-state index >= 15 is 0 Å². The maximum absolute atomic E-state index is 14.6. The van der Waals surface area contributed by atoms with Gasteiger partial charge < -0.3 is 20.9 Å². The lowest BCUT2D eigenvalue weighted by atomic mass is 10.0. The molecule has 0 unspecified atom stereocenters. The predicted molar refractivity (Wildman–Crippen MR) is 145 cm³/mol. The molecule has 0 aliphatic carbocycles. The monoisotopic (exact) mass is 562 g/mol. The second kappa shape index (κ2) is 11.4. The first-order valence-corrected chi connectivity index (χ1v) is 13.0. The zero-order valence-corrected chi connectivity index (χ0v) is 23.2. The Morgan fingerprint density at radius 3 is 2.62 bits per heavy atom. The molecule has 3 aromatic heterocycles. The molecule has 4 heterocycles. The standard InChI is InChI=1S/C27H34F4N8O/c1-26(2,3)39-24(32-4)18(15-34-39)25(40)33-12-7-8-20-17(14-27(29,30)31)22-9-6-10-23(38(22)36-20)35-21-11-13-37(5)16-19(21)28/h6,9-10,15,19,21,32,35H,11-14,16H2,1-5H3,(H,33,40)/t19-,21+/m0/s1. The lowest BCUT2D eigenvalue weighted by Gasteiger charge is -2.33. The molecule has 3 N–H and O–H groups in total. The van der Waals surface area contributed by atoms with E-state index in [0.29, 0.717) is 30.2 Å². The Morgan fingerprint density at radius 2 is 1.98 bits per heavy atom. The highest BCUT2D eigenvalue weighted by Crippen LogP contribution is 2.29. The van der Waals surface area contributed by atoms with Crippen LogP contribution < -0.4 is 16.0 Å². The van der Waals surface area contributed by atoms with Crippen LogP contribution in [0.2, 0.25) is 0 Å². The second-order valence-corrected chi connectivity index (χ2v) is 10.9. The summed E-state index contributed by atoms with van der Waals surface area (Å²) in [6.07, 6.45) is -4.87. The van der Waals surface area contributed by atoms with E-state index in [1.54, 1.807) is 23.9 Å². The number of carbonyl (C=O) groups is 1. The first-order valence-electron chi connectivity index (χ1n) is 13.0. The summed E-state index contributed by atoms with van der Waals surface area (Å²) in [6, 6.07) is 4.29. The van der Waals surface area contributed by atoms with Gasteiger partial charge in [0, 0.05) is 25.7 Å². The Balaban J connectivity index is 1.57. The van der Waals surface area contributed by atoms with Crippen molar-refractivity contribution in [1.82, 2.24) is 29.6 Å². The first kappa shape index (κ1) is 29.2. The number of likely N-dealkylation sites (tertiary alicyclic amines) is 1. The van der Waals surface area contributed by atoms with Gasteiger partial charge in [0.25, 0.3) is 5.91 Å². The van der Waals surface area contributed by atoms with Crippen LogP contribution in [0, 0.1) is 11.8 Å². The number of aromatic nitrogens is 4. The van der Waals surface area contributed by atoms with E-state index in [-0.39, 0.29) is 35.4 Å². The number of carbonyl (C=O) groups excluding carboxylic acids is 1. The minimum absolute atomic E-state index is 0.0579. The van der Waals surface area contributed by atoms with Crippen molar-refractivity contribution < 1.29 is 22.4 Å². The number of fused-ring (bicyclic) bond motifs is 1. The van der Waals surface area contributed by atoms with Gasteiger partial charge >= 0.3 is 6.18 Å². The fourth-order valence-electron chi connectivity index (χ4n) is 4.72. The van der Waals surface area contributed by atoms with Gasteiger partial charge in [-0.25, -0.2) is 13.6 Å². The summed E-state index contributed by atoms with van der Waals surface area (Å²) in [5.41, 5.74) is 0.0465. The predicted octanol–water partition coefficient (Wildman–Crippen LogP) is 3.67. The Morgan fingerprint density at radius 1 is 1.23 bits per heavy atom. The average Bonchev–Trinajstić information content (AvgIpc) is 3.45. The number of hydrogen-bond donors (Lipinski definition) is 3. The van der Waals surface area contributed by atoms with E-state index in [9.17, 15) is 22.4 Å². The summed E-state index contributed by atoms with van der Waals surface area (Å²) in [4.78, 5) is 14.7. The van der Waals surface area contributed by atoms with E-state index in [1.807, 2.05) is 32.7 Å². The van der Waals surface area contributed by atoms with E-state index in [2.05, 4.69) is 38.0 Å². The van der Waals surface area contributed by atoms with Gasteiger partial charge in [0.2, 0.25) is 0 Å². The van der Waals surface area contributed by atoms with Gasteiger partial charge in [-0.05, 0) is 52.3 Å². The van der Waals surface area contributed by atoms with Crippen LogP contribution in [-0.2, 0) is 12.0 Å². The molecule has 13 heteroatoms. The number of rotatable bonds is 6. The summed E-state index contributed by atoms with van der Waals surface area (Å²) in [5.74, 6) is 5.90. The topological polar surface area (TPSA) is 91.5 Å². The molecule has 0 aromatic carbocycles. The SMILES string of the molecule is CNc1c(C(=O)NCC#Cc2nn3c(N[C@@H]4CCN(C)C[C@@H]4F)cccc3c2CC(F)(F)F)cnn1C(C)(C)C. The molecular formula is C27H34F4N8O. The first-order chi connectivity index (χ1) is 18.8. The molecule has 40 heavy (non-hydrogen) atoms. The largest absolute Gasteiger partial charge is 0.393 e. The number of amides is 1. The third-order valence-corrected chi connectivity index (χ3v) is 6.64. The highest BCUT2D eigenvalue weighted by Gasteiger charge is 2.32. The summed E-state index contributed by atoms with van der Waals surface area (Å²) >= 11 is 0. The van der Waals surface area contributed by atoms with Crippen molar-refractivity contribution in [2.24, 2.45) is 0 Å². The highest BCUT2D eigenvalue weighted by atomic mass is 19.4. The van der Waals surface area contributed by atoms with Gasteiger partial charge in [0.15, 0.2) is 0 Å². The van der Waals surface area contributed by atoms with Crippen molar-refractivity contribution in [2.45, 2.75) is 57.5 Å². The van der Waals surface area contributed by atoms with E-state index in [0.717, 1.165) is 0 Å². The van der Waals surface area contributed by atoms with Crippen LogP contribution in [0.1, 0.15) is 48.8 Å². The minimum Gasteiger partial charge on any atom is -0.373 e. The molecule has 9 nitrogen and oxygen atoms in total. The summed E-state index contributed by atoms with van der Waals surface area (Å²) < 4.78 is 58.2. The molecule has 0 spiro atoms. The zero-order chi connectivity index (χ0) is 29.2. The van der Waals surface area contributed by atoms with E-state index in [4.69, 9.17) is 0 Å². The molecular weight excluding hydrogens is 528 g/mol. The molecule has 3 aromatic rings. The van der Waals surface area contributed by atoms with Crippen LogP contribution in [0.25, 0.3) is 5.52 Å². The maximum atomic E-state index is 14.6. The van der Waals surface area contributed by atoms with Crippen molar-refractivity contribution in [2.75, 3.05) is 44.4 Å². The molecule has 1 aliphatic heterocycles.